The van der Waals surface area contributed by atoms with Gasteiger partial charge >= 0.3 is 0 Å². The van der Waals surface area contributed by atoms with Crippen molar-refractivity contribution in [1.82, 2.24) is 4.98 Å². The highest BCUT2D eigenvalue weighted by atomic mass is 19.3. The van der Waals surface area contributed by atoms with Gasteiger partial charge < -0.3 is 10.1 Å². The number of nitrogens with one attached hydrogen (secondary N) is 1. The number of rotatable bonds is 2. The van der Waals surface area contributed by atoms with Gasteiger partial charge in [-0.25, -0.2) is 8.78 Å². The van der Waals surface area contributed by atoms with Gasteiger partial charge in [0.15, 0.2) is 12.0 Å². The second-order valence-corrected chi connectivity index (χ2v) is 2.28. The molecule has 0 amide bonds. The van der Waals surface area contributed by atoms with Crippen LogP contribution in [0.25, 0.3) is 0 Å². The number of H-pyrrole nitrogens is 1. The summed E-state index contributed by atoms with van der Waals surface area (Å²) in [4.78, 5) is 22.8. The van der Waals surface area contributed by atoms with Gasteiger partial charge in [-0.05, 0) is 6.07 Å². The molecule has 0 aromatic carbocycles. The van der Waals surface area contributed by atoms with Crippen LogP contribution in [0, 0.1) is 0 Å². The summed E-state index contributed by atoms with van der Waals surface area (Å²) in [5.41, 5.74) is -2.23. The Morgan fingerprint density at radius 2 is 2.15 bits per heavy atom. The lowest BCUT2D eigenvalue weighted by atomic mass is 10.2. The number of aldehydes is 1. The van der Waals surface area contributed by atoms with E-state index in [9.17, 15) is 18.4 Å². The van der Waals surface area contributed by atoms with Crippen LogP contribution in [0.4, 0.5) is 8.78 Å². The monoisotopic (exact) mass is 189 g/mol. The van der Waals surface area contributed by atoms with Gasteiger partial charge in [0.1, 0.15) is 0 Å². The van der Waals surface area contributed by atoms with Crippen molar-refractivity contribution >= 4 is 6.29 Å². The second-order valence-electron chi connectivity index (χ2n) is 2.28. The van der Waals surface area contributed by atoms with Crippen LogP contribution in [-0.4, -0.2) is 16.4 Å². The average Bonchev–Trinajstić information content (AvgIpc) is 2.09. The zero-order chi connectivity index (χ0) is 10.0. The molecule has 0 aliphatic rings. The molecule has 6 heteroatoms. The van der Waals surface area contributed by atoms with Gasteiger partial charge in [-0.2, -0.15) is 0 Å². The van der Waals surface area contributed by atoms with Crippen molar-refractivity contribution in [1.29, 1.82) is 0 Å². The number of hydrogen-bond acceptors (Lipinski definition) is 3. The molecule has 0 aliphatic heterocycles. The molecule has 1 rings (SSSR count). The SMILES string of the molecule is O=Cc1cc(C(F)F)c(O)c(=O)[nH]1. The first-order valence-electron chi connectivity index (χ1n) is 3.25. The van der Waals surface area contributed by atoms with Gasteiger partial charge in [0.25, 0.3) is 12.0 Å². The molecule has 1 aromatic heterocycles. The van der Waals surface area contributed by atoms with Crippen molar-refractivity contribution in [3.8, 4) is 5.75 Å². The van der Waals surface area contributed by atoms with E-state index in [1.165, 1.54) is 0 Å². The molecule has 13 heavy (non-hydrogen) atoms. The van der Waals surface area contributed by atoms with Gasteiger partial charge in [0.2, 0.25) is 0 Å². The Bertz CT molecular complexity index is 386. The van der Waals surface area contributed by atoms with Crippen LogP contribution in [0.2, 0.25) is 0 Å². The first-order chi connectivity index (χ1) is 6.06. The maximum Gasteiger partial charge on any atom is 0.291 e. The number of alkyl halides is 2. The minimum Gasteiger partial charge on any atom is -0.503 e. The van der Waals surface area contributed by atoms with E-state index in [2.05, 4.69) is 0 Å². The molecule has 4 nitrogen and oxygen atoms in total. The summed E-state index contributed by atoms with van der Waals surface area (Å²) in [6.45, 7) is 0. The Morgan fingerprint density at radius 1 is 1.54 bits per heavy atom. The first kappa shape index (κ1) is 9.37. The predicted octanol–water partition coefficient (Wildman–Crippen LogP) is 0.831. The minimum absolute atomic E-state index is 0.215. The van der Waals surface area contributed by atoms with E-state index < -0.39 is 23.3 Å². The van der Waals surface area contributed by atoms with Crippen molar-refractivity contribution in [3.63, 3.8) is 0 Å². The molecular formula is C7H5F2NO3. The van der Waals surface area contributed by atoms with Crippen LogP contribution < -0.4 is 5.56 Å². The maximum absolute atomic E-state index is 12.1. The minimum atomic E-state index is -2.99. The fourth-order valence-electron chi connectivity index (χ4n) is 0.823. The molecule has 0 unspecified atom stereocenters. The van der Waals surface area contributed by atoms with Crippen molar-refractivity contribution in [2.75, 3.05) is 0 Å². The fourth-order valence-corrected chi connectivity index (χ4v) is 0.823. The maximum atomic E-state index is 12.1. The molecule has 0 atom stereocenters. The molecule has 1 aromatic rings. The summed E-state index contributed by atoms with van der Waals surface area (Å²) in [5, 5.41) is 8.85. The smallest absolute Gasteiger partial charge is 0.291 e. The molecule has 1 heterocycles. The Kier molecular flexibility index (Phi) is 2.41. The Labute approximate surface area is 70.8 Å². The molecular weight excluding hydrogens is 184 g/mol. The Hall–Kier alpha value is -1.72. The van der Waals surface area contributed by atoms with Gasteiger partial charge in [-0.1, -0.05) is 0 Å². The molecule has 0 saturated carbocycles. The van der Waals surface area contributed by atoms with Crippen molar-refractivity contribution in [2.45, 2.75) is 6.43 Å². The summed E-state index contributed by atoms with van der Waals surface area (Å²) in [7, 11) is 0. The van der Waals surface area contributed by atoms with Gasteiger partial charge in [-0.3, -0.25) is 9.59 Å². The van der Waals surface area contributed by atoms with E-state index in [0.717, 1.165) is 6.07 Å². The lowest BCUT2D eigenvalue weighted by Gasteiger charge is -2.02. The van der Waals surface area contributed by atoms with E-state index in [-0.39, 0.29) is 12.0 Å². The number of aromatic hydroxyl groups is 1. The van der Waals surface area contributed by atoms with E-state index >= 15 is 0 Å². The molecule has 0 radical (unpaired) electrons. The number of hydrogen-bond donors (Lipinski definition) is 2. The molecule has 2 N–H and O–H groups in total. The van der Waals surface area contributed by atoms with Crippen molar-refractivity contribution in [3.05, 3.63) is 27.7 Å². The Balaban J connectivity index is 3.41. The highest BCUT2D eigenvalue weighted by Gasteiger charge is 2.16. The summed E-state index contributed by atoms with van der Waals surface area (Å²) in [5.74, 6) is -1.06. The van der Waals surface area contributed by atoms with Crippen LogP contribution in [0.3, 0.4) is 0 Å². The van der Waals surface area contributed by atoms with Crippen LogP contribution in [0.15, 0.2) is 10.9 Å². The van der Waals surface area contributed by atoms with Crippen LogP contribution in [0.5, 0.6) is 5.75 Å². The third-order valence-corrected chi connectivity index (χ3v) is 1.42. The normalized spacial score (nSPS) is 10.4. The molecule has 0 fully saturated rings. The number of carbonyl (C=O) groups excluding carboxylic acids is 1. The van der Waals surface area contributed by atoms with Crippen molar-refractivity contribution < 1.29 is 18.7 Å². The van der Waals surface area contributed by atoms with Crippen LogP contribution >= 0.6 is 0 Å². The summed E-state index contributed by atoms with van der Waals surface area (Å²) in [6, 6.07) is 0.731. The van der Waals surface area contributed by atoms with E-state index in [0.29, 0.717) is 0 Å². The molecule has 0 aliphatic carbocycles. The third-order valence-electron chi connectivity index (χ3n) is 1.42. The van der Waals surface area contributed by atoms with Crippen molar-refractivity contribution in [2.24, 2.45) is 0 Å². The Morgan fingerprint density at radius 3 is 2.62 bits per heavy atom. The summed E-state index contributed by atoms with van der Waals surface area (Å²) >= 11 is 0. The third kappa shape index (κ3) is 1.71. The molecule has 70 valence electrons. The fraction of sp³-hybridized carbons (Fsp3) is 0.143. The van der Waals surface area contributed by atoms with Gasteiger partial charge in [0.05, 0.1) is 11.3 Å². The second kappa shape index (κ2) is 3.34. The molecule has 0 bridgehead atoms. The zero-order valence-corrected chi connectivity index (χ0v) is 6.25. The number of halogens is 2. The van der Waals surface area contributed by atoms with Crippen LogP contribution in [0.1, 0.15) is 22.5 Å². The highest BCUT2D eigenvalue weighted by molar-refractivity contribution is 5.72. The number of carbonyl (C=O) groups is 1. The summed E-state index contributed by atoms with van der Waals surface area (Å²) in [6.07, 6.45) is -2.77. The zero-order valence-electron chi connectivity index (χ0n) is 6.25. The van der Waals surface area contributed by atoms with Gasteiger partial charge in [0, 0.05) is 0 Å². The van der Waals surface area contributed by atoms with E-state index in [4.69, 9.17) is 5.11 Å². The topological polar surface area (TPSA) is 70.2 Å². The number of aromatic amines is 1. The lowest BCUT2D eigenvalue weighted by Crippen LogP contribution is -2.10. The standard InChI is InChI=1S/C7H5F2NO3/c8-6(9)4-1-3(2-11)10-7(13)5(4)12/h1-2,6,12H,(H,10,13). The van der Waals surface area contributed by atoms with Gasteiger partial charge in [-0.15, -0.1) is 0 Å². The molecule has 0 saturated heterocycles. The van der Waals surface area contributed by atoms with E-state index in [1.54, 1.807) is 0 Å². The van der Waals surface area contributed by atoms with E-state index in [1.807, 2.05) is 4.98 Å². The summed E-state index contributed by atoms with van der Waals surface area (Å²) < 4.78 is 24.2. The first-order valence-corrected chi connectivity index (χ1v) is 3.25. The number of pyridine rings is 1. The highest BCUT2D eigenvalue weighted by Crippen LogP contribution is 2.24. The average molecular weight is 189 g/mol. The largest absolute Gasteiger partial charge is 0.503 e. The van der Waals surface area contributed by atoms with Crippen LogP contribution in [-0.2, 0) is 0 Å². The predicted molar refractivity (Wildman–Crippen MR) is 39.1 cm³/mol. The quantitative estimate of drug-likeness (QED) is 0.677. The molecule has 0 spiro atoms. The lowest BCUT2D eigenvalue weighted by molar-refractivity contribution is 0.111. The number of aromatic nitrogens is 1.